The van der Waals surface area contributed by atoms with E-state index in [1.165, 1.54) is 54.6 Å². The molecule has 1 aliphatic carbocycles. The Hall–Kier alpha value is -4.59. The maximum absolute atomic E-state index is 11.8. The van der Waals surface area contributed by atoms with Gasteiger partial charge in [-0.25, -0.2) is 4.79 Å². The highest BCUT2D eigenvalue weighted by molar-refractivity contribution is 6.74. The number of ketones is 1. The van der Waals surface area contributed by atoms with E-state index in [1.807, 2.05) is 30.3 Å². The highest BCUT2D eigenvalue weighted by Crippen LogP contribution is 2.40. The van der Waals surface area contributed by atoms with Crippen LogP contribution in [0.1, 0.15) is 121 Å². The molecule has 9 N–H and O–H groups in total. The van der Waals surface area contributed by atoms with Gasteiger partial charge < -0.3 is 74.6 Å². The zero-order chi connectivity index (χ0) is 56.1. The molecule has 3 amide bonds. The molecule has 3 aliphatic heterocycles. The zero-order valence-corrected chi connectivity index (χ0v) is 43.6. The molecule has 0 bridgehead atoms. The summed E-state index contributed by atoms with van der Waals surface area (Å²) in [5, 5.41) is 74.3. The van der Waals surface area contributed by atoms with Gasteiger partial charge in [-0.2, -0.15) is 0 Å². The normalized spacial score (nSPS) is 23.1. The van der Waals surface area contributed by atoms with Crippen LogP contribution < -0.4 is 0 Å². The van der Waals surface area contributed by atoms with Gasteiger partial charge in [-0.1, -0.05) is 79.3 Å². The number of carbonyl (C=O) groups is 7. The Balaban J connectivity index is -0.000000860. The van der Waals surface area contributed by atoms with Gasteiger partial charge in [0.15, 0.2) is 14.1 Å². The van der Waals surface area contributed by atoms with E-state index in [2.05, 4.69) is 50.6 Å². The monoisotopic (exact) mass is 1070 g/mol. The average molecular weight is 1070 g/mol. The van der Waals surface area contributed by atoms with Crippen molar-refractivity contribution >= 4 is 49.9 Å². The predicted molar refractivity (Wildman–Crippen MR) is 274 cm³/mol. The third kappa shape index (κ3) is 28.0. The van der Waals surface area contributed by atoms with E-state index in [0.29, 0.717) is 30.4 Å². The molecule has 23 heteroatoms. The third-order valence-corrected chi connectivity index (χ3v) is 16.9. The summed E-state index contributed by atoms with van der Waals surface area (Å²) >= 11 is 0. The number of rotatable bonds is 14. The Labute approximate surface area is 436 Å². The van der Waals surface area contributed by atoms with Crippen molar-refractivity contribution < 1.29 is 94.8 Å². The van der Waals surface area contributed by atoms with Crippen molar-refractivity contribution in [3.63, 3.8) is 0 Å². The van der Waals surface area contributed by atoms with Crippen molar-refractivity contribution in [1.82, 2.24) is 14.7 Å². The van der Waals surface area contributed by atoms with E-state index in [0.717, 1.165) is 11.5 Å². The fraction of sp³-hybridized carbons (Fsp3) is 0.740. The minimum atomic E-state index is -1.51. The molecule has 0 radical (unpaired) electrons. The summed E-state index contributed by atoms with van der Waals surface area (Å²) in [6, 6.07) is 8.31. The van der Waals surface area contributed by atoms with Crippen LogP contribution in [0.2, 0.25) is 18.1 Å². The molecular formula is C50H91N3O19Si. The van der Waals surface area contributed by atoms with Gasteiger partial charge in [0.1, 0.15) is 32.5 Å². The number of benzene rings is 1. The number of β-amino-alcohol motifs (C(OH)–C–C–N with tert-alkyl or cyclic N) is 3. The van der Waals surface area contributed by atoms with Gasteiger partial charge in [0.25, 0.3) is 0 Å². The quantitative estimate of drug-likeness (QED) is 0.0734. The standard InChI is InChI=1S/C13H17NO4.C13H28OSi.C9H15NO5.C8H13NO4.C4H6O4.CH4O.2CH4/c15-8-11-6-12(16)7-14(11)13(17)18-9-10-4-2-1-3-5-10;1-7-11-8-9-12(10-11)14-15(5,6)13(2,3)4;1-15-9(14)3-8(13)10-4-7(12)2-6(10)5-11;1-5-2-6(10)4-9(5)7(11)3-8(12)13;5-2-3(6)1-4(7)8;1-2;;/h1-5,11-12,15-16H,6-9H2;11-12H,7-10H2,1-6H3;6-7,11-12H,2-5H2,1H3;5-6,10H,2-4H2,1H3,(H,12,13);5H,1-2H2,(H,7,8);2H,1H3;2*1H4/t11-,12+;11-,12-;6-,7+;5-,6-;;;;/m0001..../s1/i;;;1D;;2T;;. The molecule has 1 saturated carbocycles. The van der Waals surface area contributed by atoms with Crippen molar-refractivity contribution in [3.05, 3.63) is 35.9 Å². The fourth-order valence-corrected chi connectivity index (χ4v) is 8.91. The minimum Gasteiger partial charge on any atom is -0.481 e. The summed E-state index contributed by atoms with van der Waals surface area (Å²) in [5.41, 5.74) is 0.908. The highest BCUT2D eigenvalue weighted by atomic mass is 28.4. The second kappa shape index (κ2) is 37.2. The first-order valence-corrected chi connectivity index (χ1v) is 26.5. The van der Waals surface area contributed by atoms with E-state index in [1.54, 1.807) is 0 Å². The number of hydrogen-bond donors (Lipinski definition) is 9. The number of nitrogens with zero attached hydrogens (tertiary/aromatic N) is 3. The highest BCUT2D eigenvalue weighted by Gasteiger charge is 2.41. The first kappa shape index (κ1) is 68.4. The van der Waals surface area contributed by atoms with Crippen LogP contribution in [0.15, 0.2) is 30.3 Å². The number of hydrogen-bond acceptors (Lipinski definition) is 17. The predicted octanol–water partition coefficient (Wildman–Crippen LogP) is 3.19. The number of esters is 1. The Morgan fingerprint density at radius 2 is 1.26 bits per heavy atom. The number of methoxy groups -OCH3 is 1. The van der Waals surface area contributed by atoms with Gasteiger partial charge in [0.05, 0.1) is 57.3 Å². The molecule has 22 nitrogen and oxygen atoms in total. The third-order valence-electron chi connectivity index (χ3n) is 12.4. The maximum Gasteiger partial charge on any atom is 0.410 e. The second-order valence-corrected chi connectivity index (χ2v) is 23.7. The zero-order valence-electron chi connectivity index (χ0n) is 44.6. The Morgan fingerprint density at radius 1 is 0.767 bits per heavy atom. The number of aliphatic carboxylic acids is 2. The van der Waals surface area contributed by atoms with E-state index in [-0.39, 0.29) is 79.7 Å². The number of amides is 3. The first-order chi connectivity index (χ1) is 34.2. The SMILES string of the molecule is C.C.CC[C@H]1CC[C@H](O[Si](C)(C)C(C)(C)C)C1.COC(=O)CC(=O)N1C[C@H](O)C[C@H]1CO.O=C(O)CC(=O)CO.O=C(OCc1ccccc1)N1C[C@H](O)C[C@H]1CO.[2H]C[C@@H]1C[C@@H](O)CN1C(=O)CC(=O)O.[3H]OC. The lowest BCUT2D eigenvalue weighted by atomic mass is 10.1. The van der Waals surface area contributed by atoms with Crippen LogP contribution in [0, 0.1) is 5.92 Å². The molecule has 1 aromatic carbocycles. The fourth-order valence-electron chi connectivity index (χ4n) is 7.51. The number of aliphatic hydroxyl groups excluding tert-OH is 7. The van der Waals surface area contributed by atoms with Crippen LogP contribution >= 0.6 is 0 Å². The van der Waals surface area contributed by atoms with Crippen LogP contribution in [0.5, 0.6) is 0 Å². The Morgan fingerprint density at radius 3 is 1.70 bits per heavy atom. The molecule has 73 heavy (non-hydrogen) atoms. The largest absolute Gasteiger partial charge is 0.481 e. The number of carbonyl (C=O) groups excluding carboxylic acids is 5. The lowest BCUT2D eigenvalue weighted by molar-refractivity contribution is -0.148. The van der Waals surface area contributed by atoms with Crippen molar-refractivity contribution in [3.8, 4) is 0 Å². The first-order valence-electron chi connectivity index (χ1n) is 24.7. The number of likely N-dealkylation sites (tertiary alicyclic amines) is 3. The molecule has 4 aliphatic rings. The smallest absolute Gasteiger partial charge is 0.410 e. The molecule has 0 spiro atoms. The van der Waals surface area contributed by atoms with Gasteiger partial charge in [-0.15, -0.1) is 0 Å². The second-order valence-electron chi connectivity index (χ2n) is 19.0. The Kier molecular flexibility index (Phi) is 34.8. The van der Waals surface area contributed by atoms with Gasteiger partial charge in [-0.05, 0) is 75.0 Å². The molecule has 0 aromatic heterocycles. The topological polar surface area (TPSA) is 339 Å². The maximum atomic E-state index is 11.8. The van der Waals surface area contributed by atoms with Crippen LogP contribution in [0.3, 0.4) is 0 Å². The van der Waals surface area contributed by atoms with Gasteiger partial charge in [-0.3, -0.25) is 28.8 Å². The van der Waals surface area contributed by atoms with E-state index >= 15 is 0 Å². The molecule has 424 valence electrons. The molecule has 4 fully saturated rings. The number of ether oxygens (including phenoxy) is 2. The molecule has 3 heterocycles. The van der Waals surface area contributed by atoms with Crippen molar-refractivity contribution in [1.29, 1.82) is 1.43 Å². The van der Waals surface area contributed by atoms with E-state index in [4.69, 9.17) is 37.5 Å². The lowest BCUT2D eigenvalue weighted by Crippen LogP contribution is -2.43. The molecule has 3 saturated heterocycles. The summed E-state index contributed by atoms with van der Waals surface area (Å²) in [6.07, 6.45) is 3.19. The molecule has 8 atom stereocenters. The van der Waals surface area contributed by atoms with Crippen molar-refractivity contribution in [2.45, 2.75) is 181 Å². The van der Waals surface area contributed by atoms with E-state index < -0.39 is 93.7 Å². The van der Waals surface area contributed by atoms with Crippen LogP contribution in [-0.2, 0) is 49.3 Å². The summed E-state index contributed by atoms with van der Waals surface area (Å²) in [5.74, 6) is -3.68. The van der Waals surface area contributed by atoms with Crippen molar-refractivity contribution in [2.75, 3.05) is 53.7 Å². The molecule has 0 unspecified atom stereocenters. The summed E-state index contributed by atoms with van der Waals surface area (Å²) < 4.78 is 28.8. The van der Waals surface area contributed by atoms with Crippen LogP contribution in [-0.4, -0.2) is 208 Å². The molecular weight excluding hydrogens is 975 g/mol. The van der Waals surface area contributed by atoms with Gasteiger partial charge >= 0.3 is 24.0 Å². The van der Waals surface area contributed by atoms with Crippen LogP contribution in [0.4, 0.5) is 4.79 Å². The van der Waals surface area contributed by atoms with E-state index in [9.17, 15) is 48.9 Å². The summed E-state index contributed by atoms with van der Waals surface area (Å²) in [6.45, 7) is 13.7. The lowest BCUT2D eigenvalue weighted by Gasteiger charge is -2.38. The Bertz CT molecular complexity index is 1820. The van der Waals surface area contributed by atoms with Gasteiger partial charge in [0, 0.05) is 33.7 Å². The number of carboxylic acid groups (broad SMARTS) is 2. The average Bonchev–Trinajstić information content (AvgIpc) is 4.14. The number of Topliss-reactive ketones (excluding diaryl/α,β-unsaturated/α-hetero) is 1. The summed E-state index contributed by atoms with van der Waals surface area (Å²) in [4.78, 5) is 79.4. The number of aliphatic hydroxyl groups is 7. The molecule has 1 aromatic rings. The van der Waals surface area contributed by atoms with Crippen LogP contribution in [0.25, 0.3) is 0 Å². The number of carboxylic acids is 2. The van der Waals surface area contributed by atoms with Crippen molar-refractivity contribution in [2.24, 2.45) is 5.92 Å². The summed E-state index contributed by atoms with van der Waals surface area (Å²) in [7, 11) is 0.986. The minimum absolute atomic E-state index is 0. The molecule has 5 rings (SSSR count). The van der Waals surface area contributed by atoms with Gasteiger partial charge in [0.2, 0.25) is 13.2 Å².